The van der Waals surface area contributed by atoms with E-state index in [1.807, 2.05) is 20.0 Å². The lowest BCUT2D eigenvalue weighted by Crippen LogP contribution is -2.38. The Balaban J connectivity index is 1.75. The molecule has 0 unspecified atom stereocenters. The van der Waals surface area contributed by atoms with Crippen LogP contribution in [0.4, 0.5) is 0 Å². The van der Waals surface area contributed by atoms with Gasteiger partial charge in [-0.2, -0.15) is 0 Å². The molecule has 0 radical (unpaired) electrons. The van der Waals surface area contributed by atoms with Gasteiger partial charge >= 0.3 is 0 Å². The van der Waals surface area contributed by atoms with E-state index >= 15 is 0 Å². The van der Waals surface area contributed by atoms with Crippen LogP contribution in [0.5, 0.6) is 0 Å². The molecule has 0 amide bonds. The van der Waals surface area contributed by atoms with E-state index in [-0.39, 0.29) is 0 Å². The second-order valence-electron chi connectivity index (χ2n) is 5.71. The van der Waals surface area contributed by atoms with Crippen LogP contribution in [0.25, 0.3) is 0 Å². The summed E-state index contributed by atoms with van der Waals surface area (Å²) in [6.07, 6.45) is 4.77. The van der Waals surface area contributed by atoms with Crippen molar-refractivity contribution < 1.29 is 4.52 Å². The lowest BCUT2D eigenvalue weighted by molar-refractivity contribution is 0.392. The Morgan fingerprint density at radius 2 is 2.08 bits per heavy atom. The average molecular weight is 350 g/mol. The van der Waals surface area contributed by atoms with Gasteiger partial charge in [-0.15, -0.1) is 11.3 Å². The highest BCUT2D eigenvalue weighted by Gasteiger charge is 2.08. The Kier molecular flexibility index (Phi) is 7.24. The van der Waals surface area contributed by atoms with Gasteiger partial charge in [0, 0.05) is 42.7 Å². The van der Waals surface area contributed by atoms with Crippen LogP contribution in [-0.2, 0) is 12.8 Å². The van der Waals surface area contributed by atoms with Crippen molar-refractivity contribution >= 4 is 17.3 Å². The topological polar surface area (TPSA) is 75.3 Å². The molecule has 0 fully saturated rings. The number of aliphatic imine (C=N–C) groups is 1. The van der Waals surface area contributed by atoms with Crippen LogP contribution >= 0.6 is 11.3 Å². The summed E-state index contributed by atoms with van der Waals surface area (Å²) in [7, 11) is 0. The second-order valence-corrected chi connectivity index (χ2v) is 7.03. The van der Waals surface area contributed by atoms with Gasteiger partial charge in [0.25, 0.3) is 0 Å². The van der Waals surface area contributed by atoms with Gasteiger partial charge in [0.1, 0.15) is 5.76 Å². The van der Waals surface area contributed by atoms with Crippen molar-refractivity contribution in [2.24, 2.45) is 4.99 Å². The fourth-order valence-corrected chi connectivity index (χ4v) is 3.24. The molecule has 0 aliphatic rings. The van der Waals surface area contributed by atoms with Crippen molar-refractivity contribution in [1.82, 2.24) is 20.8 Å². The van der Waals surface area contributed by atoms with E-state index in [1.165, 1.54) is 10.4 Å². The number of hydrogen-bond donors (Lipinski definition) is 2. The lowest BCUT2D eigenvalue weighted by Gasteiger charge is -2.10. The minimum absolute atomic E-state index is 0.774. The van der Waals surface area contributed by atoms with E-state index in [4.69, 9.17) is 4.52 Å². The standard InChI is InChI=1S/C17H27N5OS/c1-5-18-17(20-10-8-16-21-11-12(2)24-16)19-9-6-7-15-13(3)22-23-14(15)4/h11H,5-10H2,1-4H3,(H2,18,19,20). The third-order valence-corrected chi connectivity index (χ3v) is 4.65. The van der Waals surface area contributed by atoms with E-state index in [2.05, 4.69) is 39.6 Å². The molecule has 2 aromatic heterocycles. The van der Waals surface area contributed by atoms with Crippen LogP contribution in [0.2, 0.25) is 0 Å². The van der Waals surface area contributed by atoms with E-state index < -0.39 is 0 Å². The number of nitrogens with zero attached hydrogens (tertiary/aromatic N) is 3. The van der Waals surface area contributed by atoms with Gasteiger partial charge < -0.3 is 15.2 Å². The maximum atomic E-state index is 5.19. The summed E-state index contributed by atoms with van der Waals surface area (Å²) in [5, 5.41) is 11.8. The summed E-state index contributed by atoms with van der Waals surface area (Å²) in [5.74, 6) is 1.78. The molecule has 2 heterocycles. The highest BCUT2D eigenvalue weighted by Crippen LogP contribution is 2.14. The number of aromatic nitrogens is 2. The average Bonchev–Trinajstić information content (AvgIpc) is 3.10. The van der Waals surface area contributed by atoms with E-state index in [9.17, 15) is 0 Å². The Morgan fingerprint density at radius 1 is 1.25 bits per heavy atom. The van der Waals surface area contributed by atoms with Crippen molar-refractivity contribution in [3.05, 3.63) is 33.1 Å². The smallest absolute Gasteiger partial charge is 0.191 e. The zero-order chi connectivity index (χ0) is 17.4. The quantitative estimate of drug-likeness (QED) is 0.435. The van der Waals surface area contributed by atoms with Crippen molar-refractivity contribution in [3.8, 4) is 0 Å². The Hall–Kier alpha value is -1.89. The normalized spacial score (nSPS) is 11.8. The fraction of sp³-hybridized carbons (Fsp3) is 0.588. The molecule has 24 heavy (non-hydrogen) atoms. The molecule has 0 saturated heterocycles. The summed E-state index contributed by atoms with van der Waals surface area (Å²) in [6, 6.07) is 0. The number of aryl methyl sites for hydroxylation is 3. The molecule has 6 nitrogen and oxygen atoms in total. The van der Waals surface area contributed by atoms with E-state index in [0.29, 0.717) is 0 Å². The number of thiazole rings is 1. The van der Waals surface area contributed by atoms with Crippen molar-refractivity contribution in [3.63, 3.8) is 0 Å². The molecule has 2 rings (SSSR count). The largest absolute Gasteiger partial charge is 0.361 e. The molecule has 0 aliphatic carbocycles. The lowest BCUT2D eigenvalue weighted by atomic mass is 10.1. The third-order valence-electron chi connectivity index (χ3n) is 3.68. The van der Waals surface area contributed by atoms with Crippen LogP contribution in [0, 0.1) is 20.8 Å². The predicted octanol–water partition coefficient (Wildman–Crippen LogP) is 2.79. The van der Waals surface area contributed by atoms with Crippen LogP contribution in [0.3, 0.4) is 0 Å². The molecule has 0 spiro atoms. The molecule has 0 saturated carbocycles. The van der Waals surface area contributed by atoms with Crippen LogP contribution in [0.1, 0.15) is 40.2 Å². The Labute approximate surface area is 147 Å². The Bertz CT molecular complexity index is 642. The van der Waals surface area contributed by atoms with Crippen LogP contribution in [-0.4, -0.2) is 35.7 Å². The summed E-state index contributed by atoms with van der Waals surface area (Å²) in [5.41, 5.74) is 2.20. The van der Waals surface area contributed by atoms with E-state index in [1.54, 1.807) is 11.3 Å². The maximum absolute atomic E-state index is 5.19. The highest BCUT2D eigenvalue weighted by atomic mass is 32.1. The van der Waals surface area contributed by atoms with Gasteiger partial charge in [-0.25, -0.2) is 4.98 Å². The molecule has 132 valence electrons. The van der Waals surface area contributed by atoms with Gasteiger partial charge in [-0.1, -0.05) is 5.16 Å². The summed E-state index contributed by atoms with van der Waals surface area (Å²) in [6.45, 7) is 10.6. The summed E-state index contributed by atoms with van der Waals surface area (Å²) in [4.78, 5) is 10.3. The number of guanidine groups is 1. The van der Waals surface area contributed by atoms with Crippen LogP contribution in [0.15, 0.2) is 15.7 Å². The summed E-state index contributed by atoms with van der Waals surface area (Å²) >= 11 is 1.75. The molecule has 0 aromatic carbocycles. The van der Waals surface area contributed by atoms with Crippen molar-refractivity contribution in [1.29, 1.82) is 0 Å². The SMILES string of the molecule is CCNC(=NCCCc1c(C)noc1C)NCCc1ncc(C)s1. The van der Waals surface area contributed by atoms with Gasteiger partial charge in [0.05, 0.1) is 10.7 Å². The highest BCUT2D eigenvalue weighted by molar-refractivity contribution is 7.11. The monoisotopic (exact) mass is 349 g/mol. The molecule has 0 aliphatic heterocycles. The first-order chi connectivity index (χ1) is 11.6. The number of hydrogen-bond acceptors (Lipinski definition) is 5. The van der Waals surface area contributed by atoms with Gasteiger partial charge in [0.2, 0.25) is 0 Å². The molecule has 0 atom stereocenters. The minimum atomic E-state index is 0.774. The minimum Gasteiger partial charge on any atom is -0.361 e. The van der Waals surface area contributed by atoms with Crippen LogP contribution < -0.4 is 10.6 Å². The zero-order valence-electron chi connectivity index (χ0n) is 15.0. The first-order valence-electron chi connectivity index (χ1n) is 8.45. The second kappa shape index (κ2) is 9.42. The van der Waals surface area contributed by atoms with Gasteiger partial charge in [0.15, 0.2) is 5.96 Å². The molecule has 2 N–H and O–H groups in total. The van der Waals surface area contributed by atoms with Crippen molar-refractivity contribution in [2.45, 2.75) is 47.0 Å². The summed E-state index contributed by atoms with van der Waals surface area (Å²) < 4.78 is 5.19. The molecular formula is C17H27N5OS. The molecular weight excluding hydrogens is 322 g/mol. The first kappa shape index (κ1) is 18.4. The number of nitrogens with one attached hydrogen (secondary N) is 2. The number of rotatable bonds is 8. The predicted molar refractivity (Wildman–Crippen MR) is 98.8 cm³/mol. The van der Waals surface area contributed by atoms with Gasteiger partial charge in [-0.05, 0) is 40.5 Å². The third kappa shape index (κ3) is 5.63. The van der Waals surface area contributed by atoms with Crippen molar-refractivity contribution in [2.75, 3.05) is 19.6 Å². The van der Waals surface area contributed by atoms with Gasteiger partial charge in [-0.3, -0.25) is 4.99 Å². The Morgan fingerprint density at radius 3 is 2.71 bits per heavy atom. The fourth-order valence-electron chi connectivity index (χ4n) is 2.45. The van der Waals surface area contributed by atoms with E-state index in [0.717, 1.165) is 61.3 Å². The maximum Gasteiger partial charge on any atom is 0.191 e. The molecule has 7 heteroatoms. The molecule has 0 bridgehead atoms. The molecule has 2 aromatic rings. The zero-order valence-corrected chi connectivity index (χ0v) is 15.8. The first-order valence-corrected chi connectivity index (χ1v) is 9.27.